The van der Waals surface area contributed by atoms with Crippen molar-refractivity contribution in [3.63, 3.8) is 0 Å². The highest BCUT2D eigenvalue weighted by molar-refractivity contribution is 5.82. The maximum atomic E-state index is 10.4. The van der Waals surface area contributed by atoms with E-state index in [0.717, 1.165) is 6.42 Å². The number of benzene rings is 2. The number of rotatable bonds is 8. The first-order valence-electron chi connectivity index (χ1n) is 11.3. The van der Waals surface area contributed by atoms with E-state index in [9.17, 15) is 15.3 Å². The van der Waals surface area contributed by atoms with Crippen molar-refractivity contribution in [2.75, 3.05) is 18.5 Å². The van der Waals surface area contributed by atoms with E-state index in [1.165, 1.54) is 23.8 Å². The Morgan fingerprint density at radius 3 is 2.21 bits per heavy atom. The summed E-state index contributed by atoms with van der Waals surface area (Å²) in [6, 6.07) is 20.8. The molecule has 0 unspecified atom stereocenters. The lowest BCUT2D eigenvalue weighted by Gasteiger charge is -2.19. The molecule has 1 aliphatic rings. The van der Waals surface area contributed by atoms with Crippen LogP contribution in [-0.4, -0.2) is 66.3 Å². The fraction of sp³-hybridized carbons (Fsp3) is 0.320. The van der Waals surface area contributed by atoms with Gasteiger partial charge >= 0.3 is 0 Å². The summed E-state index contributed by atoms with van der Waals surface area (Å²) in [4.78, 5) is 13.1. The summed E-state index contributed by atoms with van der Waals surface area (Å²) in [6.45, 7) is 0.258. The van der Waals surface area contributed by atoms with Gasteiger partial charge < -0.3 is 25.4 Å². The maximum Gasteiger partial charge on any atom is 0.167 e. The van der Waals surface area contributed by atoms with Gasteiger partial charge in [0.25, 0.3) is 0 Å². The van der Waals surface area contributed by atoms with Crippen LogP contribution >= 0.6 is 0 Å². The van der Waals surface area contributed by atoms with Crippen molar-refractivity contribution in [1.29, 1.82) is 0 Å². The molecule has 5 rings (SSSR count). The first-order valence-corrected chi connectivity index (χ1v) is 11.3. The summed E-state index contributed by atoms with van der Waals surface area (Å²) in [5.41, 5.74) is 3.50. The number of imidazole rings is 1. The second-order valence-electron chi connectivity index (χ2n) is 8.36. The molecule has 4 N–H and O–H groups in total. The molecule has 1 aliphatic heterocycles. The van der Waals surface area contributed by atoms with Gasteiger partial charge in [-0.25, -0.2) is 15.0 Å². The fourth-order valence-corrected chi connectivity index (χ4v) is 4.51. The minimum Gasteiger partial charge on any atom is -0.394 e. The Bertz CT molecular complexity index is 1180. The molecule has 1 fully saturated rings. The first-order chi connectivity index (χ1) is 16.7. The summed E-state index contributed by atoms with van der Waals surface area (Å²) in [5, 5.41) is 33.2. The van der Waals surface area contributed by atoms with E-state index in [2.05, 4.69) is 68.8 Å². The first kappa shape index (κ1) is 22.4. The van der Waals surface area contributed by atoms with Gasteiger partial charge in [-0.3, -0.25) is 4.57 Å². The van der Waals surface area contributed by atoms with Crippen molar-refractivity contribution in [2.24, 2.45) is 0 Å². The molecule has 1 saturated heterocycles. The molecule has 0 bridgehead atoms. The van der Waals surface area contributed by atoms with E-state index in [-0.39, 0.29) is 5.92 Å². The van der Waals surface area contributed by atoms with Crippen LogP contribution in [0.25, 0.3) is 11.2 Å². The fourth-order valence-electron chi connectivity index (χ4n) is 4.51. The van der Waals surface area contributed by atoms with Crippen molar-refractivity contribution in [3.05, 3.63) is 84.4 Å². The van der Waals surface area contributed by atoms with Crippen molar-refractivity contribution in [3.8, 4) is 0 Å². The minimum absolute atomic E-state index is 0.226. The van der Waals surface area contributed by atoms with E-state index in [1.807, 2.05) is 12.1 Å². The quantitative estimate of drug-likeness (QED) is 0.314. The van der Waals surface area contributed by atoms with Crippen molar-refractivity contribution >= 4 is 17.0 Å². The van der Waals surface area contributed by atoms with E-state index in [1.54, 1.807) is 4.57 Å². The Balaban J connectivity index is 1.35. The summed E-state index contributed by atoms with van der Waals surface area (Å²) >= 11 is 0. The predicted molar refractivity (Wildman–Crippen MR) is 126 cm³/mol. The van der Waals surface area contributed by atoms with Gasteiger partial charge in [0.1, 0.15) is 24.6 Å². The van der Waals surface area contributed by atoms with Crippen LogP contribution in [0.4, 0.5) is 5.82 Å². The molecule has 3 heterocycles. The average Bonchev–Trinajstić information content (AvgIpc) is 3.44. The van der Waals surface area contributed by atoms with E-state index in [0.29, 0.717) is 23.5 Å². The maximum absolute atomic E-state index is 10.4. The van der Waals surface area contributed by atoms with Gasteiger partial charge in [-0.2, -0.15) is 0 Å². The molecule has 9 nitrogen and oxygen atoms in total. The van der Waals surface area contributed by atoms with Crippen LogP contribution in [0.1, 0.15) is 29.7 Å². The molecule has 4 aromatic rings. The minimum atomic E-state index is -1.21. The monoisotopic (exact) mass is 461 g/mol. The van der Waals surface area contributed by atoms with Crippen LogP contribution in [0.5, 0.6) is 0 Å². The van der Waals surface area contributed by atoms with Gasteiger partial charge in [0.15, 0.2) is 23.2 Å². The molecular weight excluding hydrogens is 434 g/mol. The Kier molecular flexibility index (Phi) is 6.50. The number of aliphatic hydroxyl groups excluding tert-OH is 3. The van der Waals surface area contributed by atoms with Crippen molar-refractivity contribution in [1.82, 2.24) is 19.5 Å². The van der Waals surface area contributed by atoms with Gasteiger partial charge in [0, 0.05) is 12.5 Å². The molecule has 0 aliphatic carbocycles. The van der Waals surface area contributed by atoms with Crippen LogP contribution in [0.3, 0.4) is 0 Å². The molecule has 2 aromatic heterocycles. The van der Waals surface area contributed by atoms with Crippen LogP contribution in [0, 0.1) is 0 Å². The highest BCUT2D eigenvalue weighted by Gasteiger charge is 2.44. The number of ether oxygens (including phenoxy) is 1. The lowest BCUT2D eigenvalue weighted by Crippen LogP contribution is -2.33. The van der Waals surface area contributed by atoms with Gasteiger partial charge in [-0.05, 0) is 17.5 Å². The number of hydrogen-bond donors (Lipinski definition) is 4. The molecule has 176 valence electrons. The largest absolute Gasteiger partial charge is 0.394 e. The zero-order valence-corrected chi connectivity index (χ0v) is 18.5. The van der Waals surface area contributed by atoms with Crippen molar-refractivity contribution < 1.29 is 20.1 Å². The van der Waals surface area contributed by atoms with Crippen molar-refractivity contribution in [2.45, 2.75) is 36.9 Å². The zero-order valence-electron chi connectivity index (χ0n) is 18.5. The van der Waals surface area contributed by atoms with Crippen LogP contribution in [0.2, 0.25) is 0 Å². The molecule has 0 radical (unpaired) electrons. The summed E-state index contributed by atoms with van der Waals surface area (Å²) in [6.07, 6.45) is -0.407. The number of anilines is 1. The standard InChI is InChI=1S/C25H27N5O4/c31-13-19-21(32)22(33)25(34-19)30-15-29-20-23(27-14-28-24(20)30)26-12-11-18(16-7-3-1-4-8-16)17-9-5-2-6-10-17/h1-10,14-15,18-19,21-22,25,31-33H,11-13H2,(H,26,27,28)/t19-,21-,22-,25-/m1/s1. The molecule has 0 amide bonds. The molecular formula is C25H27N5O4. The smallest absolute Gasteiger partial charge is 0.167 e. The SMILES string of the molecule is OC[C@H]1O[C@@H](n2cnc3c(NCCC(c4ccccc4)c4ccccc4)ncnc32)[C@H](O)[C@@H]1O. The number of aliphatic hydroxyl groups is 3. The Labute approximate surface area is 196 Å². The third-order valence-corrected chi connectivity index (χ3v) is 6.28. The molecule has 9 heteroatoms. The number of nitrogens with one attached hydrogen (secondary N) is 1. The van der Waals surface area contributed by atoms with E-state index >= 15 is 0 Å². The Hall–Kier alpha value is -3.37. The molecule has 0 saturated carbocycles. The molecule has 4 atom stereocenters. The number of hydrogen-bond acceptors (Lipinski definition) is 8. The third kappa shape index (κ3) is 4.26. The number of aromatic nitrogens is 4. The number of fused-ring (bicyclic) bond motifs is 1. The van der Waals surface area contributed by atoms with Gasteiger partial charge in [0.2, 0.25) is 0 Å². The topological polar surface area (TPSA) is 126 Å². The summed E-state index contributed by atoms with van der Waals surface area (Å²) in [7, 11) is 0. The highest BCUT2D eigenvalue weighted by atomic mass is 16.6. The van der Waals surface area contributed by atoms with Crippen LogP contribution < -0.4 is 5.32 Å². The molecule has 34 heavy (non-hydrogen) atoms. The molecule has 2 aromatic carbocycles. The second-order valence-corrected chi connectivity index (χ2v) is 8.36. The third-order valence-electron chi connectivity index (χ3n) is 6.28. The van der Waals surface area contributed by atoms with Gasteiger partial charge in [-0.1, -0.05) is 60.7 Å². The average molecular weight is 462 g/mol. The van der Waals surface area contributed by atoms with E-state index in [4.69, 9.17) is 4.74 Å². The van der Waals surface area contributed by atoms with Gasteiger partial charge in [-0.15, -0.1) is 0 Å². The Morgan fingerprint density at radius 1 is 0.912 bits per heavy atom. The lowest BCUT2D eigenvalue weighted by molar-refractivity contribution is -0.0511. The van der Waals surface area contributed by atoms with E-state index < -0.39 is 31.1 Å². The summed E-state index contributed by atoms with van der Waals surface area (Å²) in [5.74, 6) is 0.805. The lowest BCUT2D eigenvalue weighted by atomic mass is 9.88. The molecule has 0 spiro atoms. The Morgan fingerprint density at radius 2 is 1.59 bits per heavy atom. The summed E-state index contributed by atoms with van der Waals surface area (Å²) < 4.78 is 7.19. The number of nitrogens with zero attached hydrogens (tertiary/aromatic N) is 4. The normalized spacial score (nSPS) is 22.5. The van der Waals surface area contributed by atoms with Crippen LogP contribution in [0.15, 0.2) is 73.3 Å². The zero-order chi connectivity index (χ0) is 23.5. The second kappa shape index (κ2) is 9.86. The predicted octanol–water partition coefficient (Wildman–Crippen LogP) is 2.07. The highest BCUT2D eigenvalue weighted by Crippen LogP contribution is 2.32. The van der Waals surface area contributed by atoms with Gasteiger partial charge in [0.05, 0.1) is 12.9 Å². The van der Waals surface area contributed by atoms with Crippen LogP contribution in [-0.2, 0) is 4.74 Å².